The SMILES string of the molecule is C=CC(=O)Oc1c(Cl)ccc(Cl)c1Cl. The van der Waals surface area contributed by atoms with Gasteiger partial charge in [-0.1, -0.05) is 41.4 Å². The van der Waals surface area contributed by atoms with E-state index in [4.69, 9.17) is 39.5 Å². The molecule has 0 aromatic heterocycles. The summed E-state index contributed by atoms with van der Waals surface area (Å²) in [5.41, 5.74) is 0. The Morgan fingerprint density at radius 1 is 1.29 bits per heavy atom. The van der Waals surface area contributed by atoms with Gasteiger partial charge in [-0.2, -0.15) is 0 Å². The van der Waals surface area contributed by atoms with Crippen LogP contribution in [0.3, 0.4) is 0 Å². The lowest BCUT2D eigenvalue weighted by atomic mass is 10.3. The third-order valence-electron chi connectivity index (χ3n) is 1.37. The van der Waals surface area contributed by atoms with Gasteiger partial charge in [-0.25, -0.2) is 4.79 Å². The van der Waals surface area contributed by atoms with Crippen LogP contribution in [0.4, 0.5) is 0 Å². The molecule has 0 N–H and O–H groups in total. The maximum atomic E-state index is 10.9. The molecule has 5 heteroatoms. The van der Waals surface area contributed by atoms with Crippen LogP contribution in [0.25, 0.3) is 0 Å². The zero-order valence-corrected chi connectivity index (χ0v) is 9.16. The summed E-state index contributed by atoms with van der Waals surface area (Å²) in [6.07, 6.45) is 1.01. The quantitative estimate of drug-likeness (QED) is 0.346. The minimum absolute atomic E-state index is 0.0470. The van der Waals surface area contributed by atoms with Crippen LogP contribution < -0.4 is 4.74 Å². The predicted molar refractivity (Wildman–Crippen MR) is 57.3 cm³/mol. The Balaban J connectivity index is 3.12. The summed E-state index contributed by atoms with van der Waals surface area (Å²) in [6, 6.07) is 3.00. The molecular weight excluding hydrogens is 246 g/mol. The highest BCUT2D eigenvalue weighted by Gasteiger charge is 2.13. The Hall–Kier alpha value is -0.700. The molecule has 0 atom stereocenters. The first-order valence-corrected chi connectivity index (χ1v) is 4.67. The van der Waals surface area contributed by atoms with Gasteiger partial charge >= 0.3 is 5.97 Å². The van der Waals surface area contributed by atoms with Crippen LogP contribution in [-0.4, -0.2) is 5.97 Å². The molecule has 0 radical (unpaired) electrons. The van der Waals surface area contributed by atoms with Crippen molar-refractivity contribution in [3.63, 3.8) is 0 Å². The number of benzene rings is 1. The summed E-state index contributed by atoms with van der Waals surface area (Å²) in [7, 11) is 0. The topological polar surface area (TPSA) is 26.3 Å². The van der Waals surface area contributed by atoms with Gasteiger partial charge in [-0.05, 0) is 12.1 Å². The molecule has 0 saturated heterocycles. The molecule has 74 valence electrons. The fourth-order valence-corrected chi connectivity index (χ4v) is 1.34. The van der Waals surface area contributed by atoms with Crippen LogP contribution in [0.1, 0.15) is 0 Å². The fourth-order valence-electron chi connectivity index (χ4n) is 0.744. The minimum atomic E-state index is -0.643. The Bertz CT molecular complexity index is 388. The Morgan fingerprint density at radius 2 is 1.86 bits per heavy atom. The summed E-state index contributed by atoms with van der Waals surface area (Å²) in [5.74, 6) is -0.596. The number of ether oxygens (including phenoxy) is 1. The zero-order valence-electron chi connectivity index (χ0n) is 6.89. The van der Waals surface area contributed by atoms with Gasteiger partial charge in [0.1, 0.15) is 5.02 Å². The molecule has 0 unspecified atom stereocenters. The highest BCUT2D eigenvalue weighted by Crippen LogP contribution is 2.37. The molecule has 0 amide bonds. The van der Waals surface area contributed by atoms with Crippen molar-refractivity contribution >= 4 is 40.8 Å². The fraction of sp³-hybridized carbons (Fsp3) is 0. The highest BCUT2D eigenvalue weighted by molar-refractivity contribution is 6.44. The van der Waals surface area contributed by atoms with Crippen LogP contribution in [0, 0.1) is 0 Å². The van der Waals surface area contributed by atoms with Crippen LogP contribution >= 0.6 is 34.8 Å². The lowest BCUT2D eigenvalue weighted by molar-refractivity contribution is -0.128. The molecule has 0 fully saturated rings. The van der Waals surface area contributed by atoms with Gasteiger partial charge in [0, 0.05) is 6.08 Å². The van der Waals surface area contributed by atoms with Gasteiger partial charge in [-0.15, -0.1) is 0 Å². The van der Waals surface area contributed by atoms with Crippen molar-refractivity contribution in [3.8, 4) is 5.75 Å². The lowest BCUT2D eigenvalue weighted by Crippen LogP contribution is -2.04. The summed E-state index contributed by atoms with van der Waals surface area (Å²) in [5, 5.41) is 0.590. The lowest BCUT2D eigenvalue weighted by Gasteiger charge is -2.06. The molecular formula is C9H5Cl3O2. The molecule has 14 heavy (non-hydrogen) atoms. The van der Waals surface area contributed by atoms with Crippen molar-refractivity contribution in [3.05, 3.63) is 39.9 Å². The number of esters is 1. The van der Waals surface area contributed by atoms with E-state index in [1.807, 2.05) is 0 Å². The van der Waals surface area contributed by atoms with Crippen LogP contribution in [0.15, 0.2) is 24.8 Å². The average Bonchev–Trinajstić information content (AvgIpc) is 2.18. The van der Waals surface area contributed by atoms with Crippen molar-refractivity contribution in [2.45, 2.75) is 0 Å². The molecule has 0 saturated carbocycles. The normalized spacial score (nSPS) is 9.64. The summed E-state index contributed by atoms with van der Waals surface area (Å²) in [4.78, 5) is 10.9. The number of rotatable bonds is 2. The molecule has 0 bridgehead atoms. The van der Waals surface area contributed by atoms with Crippen molar-refractivity contribution in [2.75, 3.05) is 0 Å². The van der Waals surface area contributed by atoms with E-state index in [1.165, 1.54) is 12.1 Å². The summed E-state index contributed by atoms with van der Waals surface area (Å²) >= 11 is 17.2. The van der Waals surface area contributed by atoms with Crippen molar-refractivity contribution < 1.29 is 9.53 Å². The van der Waals surface area contributed by atoms with Gasteiger partial charge in [-0.3, -0.25) is 0 Å². The van der Waals surface area contributed by atoms with Crippen LogP contribution in [0.2, 0.25) is 15.1 Å². The van der Waals surface area contributed by atoms with E-state index in [2.05, 4.69) is 6.58 Å². The monoisotopic (exact) mass is 250 g/mol. The van der Waals surface area contributed by atoms with E-state index in [0.717, 1.165) is 6.08 Å². The predicted octanol–water partition coefficient (Wildman–Crippen LogP) is 3.74. The molecule has 0 aliphatic carbocycles. The molecule has 1 rings (SSSR count). The van der Waals surface area contributed by atoms with E-state index < -0.39 is 5.97 Å². The van der Waals surface area contributed by atoms with Gasteiger partial charge in [0.2, 0.25) is 0 Å². The molecule has 0 aliphatic heterocycles. The maximum absolute atomic E-state index is 10.9. The number of carbonyl (C=O) groups is 1. The first-order chi connectivity index (χ1) is 6.56. The largest absolute Gasteiger partial charge is 0.420 e. The smallest absolute Gasteiger partial charge is 0.335 e. The Labute approximate surface area is 96.0 Å². The van der Waals surface area contributed by atoms with Crippen molar-refractivity contribution in [1.82, 2.24) is 0 Å². The number of hydrogen-bond donors (Lipinski definition) is 0. The van der Waals surface area contributed by atoms with E-state index in [1.54, 1.807) is 0 Å². The zero-order chi connectivity index (χ0) is 10.7. The van der Waals surface area contributed by atoms with E-state index in [-0.39, 0.29) is 20.8 Å². The third-order valence-corrected chi connectivity index (χ3v) is 2.46. The van der Waals surface area contributed by atoms with Gasteiger partial charge < -0.3 is 4.74 Å². The minimum Gasteiger partial charge on any atom is -0.420 e. The molecule has 0 heterocycles. The third kappa shape index (κ3) is 2.41. The maximum Gasteiger partial charge on any atom is 0.335 e. The molecule has 0 spiro atoms. The van der Waals surface area contributed by atoms with Crippen molar-refractivity contribution in [2.24, 2.45) is 0 Å². The second-order valence-electron chi connectivity index (χ2n) is 2.30. The van der Waals surface area contributed by atoms with Crippen molar-refractivity contribution in [1.29, 1.82) is 0 Å². The summed E-state index contributed by atoms with van der Waals surface area (Å²) < 4.78 is 4.80. The van der Waals surface area contributed by atoms with Gasteiger partial charge in [0.15, 0.2) is 5.75 Å². The first-order valence-electron chi connectivity index (χ1n) is 3.54. The highest BCUT2D eigenvalue weighted by atomic mass is 35.5. The van der Waals surface area contributed by atoms with Crippen LogP contribution in [0.5, 0.6) is 5.75 Å². The Kier molecular flexibility index (Phi) is 3.81. The molecule has 1 aromatic rings. The summed E-state index contributed by atoms with van der Waals surface area (Å²) in [6.45, 7) is 3.24. The standard InChI is InChI=1S/C9H5Cl3O2/c1-2-7(13)14-9-6(11)4-3-5(10)8(9)12/h2-4H,1H2. The van der Waals surface area contributed by atoms with Crippen LogP contribution in [-0.2, 0) is 4.79 Å². The molecule has 2 nitrogen and oxygen atoms in total. The number of carbonyl (C=O) groups excluding carboxylic acids is 1. The molecule has 1 aromatic carbocycles. The van der Waals surface area contributed by atoms with E-state index in [0.29, 0.717) is 0 Å². The molecule has 0 aliphatic rings. The van der Waals surface area contributed by atoms with Gasteiger partial charge in [0.25, 0.3) is 0 Å². The first kappa shape index (κ1) is 11.4. The number of hydrogen-bond acceptors (Lipinski definition) is 2. The van der Waals surface area contributed by atoms with Gasteiger partial charge in [0.05, 0.1) is 10.0 Å². The second kappa shape index (κ2) is 4.69. The number of halogens is 3. The van der Waals surface area contributed by atoms with E-state index >= 15 is 0 Å². The second-order valence-corrected chi connectivity index (χ2v) is 3.49. The Morgan fingerprint density at radius 3 is 2.43 bits per heavy atom. The average molecular weight is 251 g/mol. The van der Waals surface area contributed by atoms with E-state index in [9.17, 15) is 4.79 Å².